The van der Waals surface area contributed by atoms with Crippen LogP contribution in [0.25, 0.3) is 0 Å². The Hall–Kier alpha value is -2.59. The molecule has 0 spiro atoms. The Balaban J connectivity index is 2.03. The summed E-state index contributed by atoms with van der Waals surface area (Å²) in [6.07, 6.45) is 0.714. The largest absolute Gasteiger partial charge is 0.352 e. The first-order valence-corrected chi connectivity index (χ1v) is 15.7. The van der Waals surface area contributed by atoms with E-state index in [4.69, 9.17) is 23.2 Å². The number of halogens is 3. The first-order chi connectivity index (χ1) is 18.8. The molecule has 2 atom stereocenters. The summed E-state index contributed by atoms with van der Waals surface area (Å²) < 4.78 is 29.5. The van der Waals surface area contributed by atoms with Gasteiger partial charge in [0.15, 0.2) is 0 Å². The minimum Gasteiger partial charge on any atom is -0.352 e. The van der Waals surface area contributed by atoms with Gasteiger partial charge in [-0.15, -0.1) is 0 Å². The van der Waals surface area contributed by atoms with Crippen LogP contribution in [0.4, 0.5) is 5.69 Å². The van der Waals surface area contributed by atoms with Crippen molar-refractivity contribution < 1.29 is 18.0 Å². The van der Waals surface area contributed by atoms with Crippen LogP contribution in [0.3, 0.4) is 0 Å². The summed E-state index contributed by atoms with van der Waals surface area (Å²) in [5, 5.41) is 3.57. The molecule has 0 bridgehead atoms. The Labute approximate surface area is 254 Å². The predicted molar refractivity (Wildman–Crippen MR) is 164 cm³/mol. The lowest BCUT2D eigenvalue weighted by molar-refractivity contribution is -0.139. The number of sulfonamides is 1. The highest BCUT2D eigenvalue weighted by atomic mass is 79.9. The van der Waals surface area contributed by atoms with E-state index in [1.165, 1.54) is 17.0 Å². The lowest BCUT2D eigenvalue weighted by Gasteiger charge is -2.32. The summed E-state index contributed by atoms with van der Waals surface area (Å²) in [5.41, 5.74) is 1.85. The van der Waals surface area contributed by atoms with Crippen molar-refractivity contribution in [1.82, 2.24) is 10.2 Å². The summed E-state index contributed by atoms with van der Waals surface area (Å²) in [7, 11) is -4.13. The SMILES string of the molecule is CCC(C)NC(=O)C(C)N(Cc1ccc(Cl)c(Cl)c1)C(=O)CN(c1ccc(Br)cc1)S(=O)(=O)c1ccc(C)cc1. The summed E-state index contributed by atoms with van der Waals surface area (Å²) in [4.78, 5) is 28.5. The second kappa shape index (κ2) is 13.9. The second-order valence-corrected chi connectivity index (χ2v) is 13.2. The predicted octanol–water partition coefficient (Wildman–Crippen LogP) is 6.59. The van der Waals surface area contributed by atoms with Crippen molar-refractivity contribution in [3.05, 3.63) is 92.4 Å². The van der Waals surface area contributed by atoms with E-state index >= 15 is 0 Å². The van der Waals surface area contributed by atoms with Crippen LogP contribution in [0.15, 0.2) is 76.1 Å². The highest BCUT2D eigenvalue weighted by Gasteiger charge is 2.32. The molecule has 0 aromatic heterocycles. The minimum atomic E-state index is -4.13. The molecule has 1 N–H and O–H groups in total. The molecule has 214 valence electrons. The molecule has 40 heavy (non-hydrogen) atoms. The minimum absolute atomic E-state index is 0.0174. The lowest BCUT2D eigenvalue weighted by atomic mass is 10.1. The van der Waals surface area contributed by atoms with Crippen LogP contribution in [-0.4, -0.2) is 43.8 Å². The Morgan fingerprint density at radius 3 is 2.15 bits per heavy atom. The van der Waals surface area contributed by atoms with Crippen molar-refractivity contribution in [3.8, 4) is 0 Å². The Kier molecular flexibility index (Phi) is 11.1. The summed E-state index contributed by atoms with van der Waals surface area (Å²) in [6, 6.07) is 17.0. The Morgan fingerprint density at radius 1 is 0.950 bits per heavy atom. The van der Waals surface area contributed by atoms with Gasteiger partial charge in [-0.1, -0.05) is 69.8 Å². The molecular weight excluding hydrogens is 637 g/mol. The number of aryl methyl sites for hydroxylation is 1. The molecule has 0 aliphatic heterocycles. The number of hydrogen-bond donors (Lipinski definition) is 1. The van der Waals surface area contributed by atoms with Crippen LogP contribution in [0, 0.1) is 6.92 Å². The van der Waals surface area contributed by atoms with Gasteiger partial charge in [-0.3, -0.25) is 13.9 Å². The van der Waals surface area contributed by atoms with Gasteiger partial charge in [-0.2, -0.15) is 0 Å². The van der Waals surface area contributed by atoms with E-state index in [-0.39, 0.29) is 23.4 Å². The fourth-order valence-corrected chi connectivity index (χ4v) is 5.86. The van der Waals surface area contributed by atoms with E-state index in [0.29, 0.717) is 27.7 Å². The van der Waals surface area contributed by atoms with Crippen LogP contribution in [0.2, 0.25) is 10.0 Å². The number of carbonyl (C=O) groups is 2. The molecule has 2 amide bonds. The molecule has 0 radical (unpaired) electrons. The highest BCUT2D eigenvalue weighted by Crippen LogP contribution is 2.27. The fraction of sp³-hybridized carbons (Fsp3) is 0.310. The summed E-state index contributed by atoms with van der Waals surface area (Å²) in [5.74, 6) is -0.907. The second-order valence-electron chi connectivity index (χ2n) is 9.57. The number of nitrogens with one attached hydrogen (secondary N) is 1. The van der Waals surface area contributed by atoms with Gasteiger partial charge >= 0.3 is 0 Å². The summed E-state index contributed by atoms with van der Waals surface area (Å²) >= 11 is 15.7. The van der Waals surface area contributed by atoms with Crippen molar-refractivity contribution >= 4 is 66.7 Å². The molecule has 3 rings (SSSR count). The van der Waals surface area contributed by atoms with Crippen LogP contribution in [0.1, 0.15) is 38.3 Å². The number of amides is 2. The van der Waals surface area contributed by atoms with Crippen molar-refractivity contribution in [2.24, 2.45) is 0 Å². The third-order valence-electron chi connectivity index (χ3n) is 6.51. The molecule has 0 saturated heterocycles. The van der Waals surface area contributed by atoms with Gasteiger partial charge in [0.25, 0.3) is 10.0 Å². The molecule has 3 aromatic carbocycles. The quantitative estimate of drug-likeness (QED) is 0.250. The van der Waals surface area contributed by atoms with E-state index in [1.54, 1.807) is 61.5 Å². The average molecular weight is 669 g/mol. The van der Waals surface area contributed by atoms with Crippen molar-refractivity contribution in [2.75, 3.05) is 10.8 Å². The van der Waals surface area contributed by atoms with Crippen LogP contribution < -0.4 is 9.62 Å². The van der Waals surface area contributed by atoms with E-state index in [9.17, 15) is 18.0 Å². The zero-order valence-corrected chi connectivity index (χ0v) is 26.6. The molecule has 0 fully saturated rings. The topological polar surface area (TPSA) is 86.8 Å². The van der Waals surface area contributed by atoms with Crippen molar-refractivity contribution in [2.45, 2.75) is 57.6 Å². The first-order valence-electron chi connectivity index (χ1n) is 12.7. The smallest absolute Gasteiger partial charge is 0.264 e. The molecular formula is C29H32BrCl2N3O4S. The van der Waals surface area contributed by atoms with Gasteiger partial charge in [0.1, 0.15) is 12.6 Å². The highest BCUT2D eigenvalue weighted by molar-refractivity contribution is 9.10. The van der Waals surface area contributed by atoms with Crippen LogP contribution in [0.5, 0.6) is 0 Å². The van der Waals surface area contributed by atoms with E-state index in [0.717, 1.165) is 14.3 Å². The number of benzene rings is 3. The third-order valence-corrected chi connectivity index (χ3v) is 9.56. The van der Waals surface area contributed by atoms with Gasteiger partial charge in [-0.25, -0.2) is 8.42 Å². The molecule has 0 heterocycles. The Morgan fingerprint density at radius 2 is 1.57 bits per heavy atom. The number of nitrogens with zero attached hydrogens (tertiary/aromatic N) is 2. The maximum Gasteiger partial charge on any atom is 0.264 e. The molecule has 2 unspecified atom stereocenters. The van der Waals surface area contributed by atoms with Gasteiger partial charge in [-0.05, 0) is 81.3 Å². The van der Waals surface area contributed by atoms with Crippen molar-refractivity contribution in [1.29, 1.82) is 0 Å². The molecule has 0 aliphatic rings. The average Bonchev–Trinajstić information content (AvgIpc) is 2.92. The maximum absolute atomic E-state index is 14.0. The van der Waals surface area contributed by atoms with E-state index in [2.05, 4.69) is 21.2 Å². The van der Waals surface area contributed by atoms with Gasteiger partial charge in [0, 0.05) is 17.1 Å². The zero-order valence-electron chi connectivity index (χ0n) is 22.7. The van der Waals surface area contributed by atoms with Crippen LogP contribution in [-0.2, 0) is 26.2 Å². The lowest BCUT2D eigenvalue weighted by Crippen LogP contribution is -2.52. The first kappa shape index (κ1) is 31.9. The van der Waals surface area contributed by atoms with Crippen LogP contribution >= 0.6 is 39.1 Å². The standard InChI is InChI=1S/C29H32BrCl2N3O4S/c1-5-20(3)33-29(37)21(4)34(17-22-8-15-26(31)27(32)16-22)28(36)18-35(24-11-9-23(30)10-12-24)40(38,39)25-13-6-19(2)7-14-25/h6-16,20-21H,5,17-18H2,1-4H3,(H,33,37). The number of hydrogen-bond acceptors (Lipinski definition) is 4. The molecule has 11 heteroatoms. The van der Waals surface area contributed by atoms with Gasteiger partial charge in [0.2, 0.25) is 11.8 Å². The number of rotatable bonds is 11. The molecule has 7 nitrogen and oxygen atoms in total. The zero-order chi connectivity index (χ0) is 29.6. The Bertz CT molecular complexity index is 1450. The fourth-order valence-electron chi connectivity index (χ4n) is 3.86. The maximum atomic E-state index is 14.0. The molecule has 0 saturated carbocycles. The third kappa shape index (κ3) is 8.00. The van der Waals surface area contributed by atoms with E-state index in [1.807, 2.05) is 20.8 Å². The van der Waals surface area contributed by atoms with Crippen molar-refractivity contribution in [3.63, 3.8) is 0 Å². The molecule has 0 aliphatic carbocycles. The van der Waals surface area contributed by atoms with E-state index < -0.39 is 28.5 Å². The summed E-state index contributed by atoms with van der Waals surface area (Å²) in [6.45, 7) is 6.79. The monoisotopic (exact) mass is 667 g/mol. The van der Waals surface area contributed by atoms with Gasteiger partial charge < -0.3 is 10.2 Å². The normalized spacial score (nSPS) is 12.9. The number of anilines is 1. The molecule has 3 aromatic rings. The number of carbonyl (C=O) groups excluding carboxylic acids is 2. The van der Waals surface area contributed by atoms with Gasteiger partial charge in [0.05, 0.1) is 20.6 Å².